The Balaban J connectivity index is 1.39. The van der Waals surface area contributed by atoms with Crippen molar-refractivity contribution in [3.63, 3.8) is 0 Å². The highest BCUT2D eigenvalue weighted by Crippen LogP contribution is 2.48. The van der Waals surface area contributed by atoms with Gasteiger partial charge in [-0.25, -0.2) is 0 Å². The molecule has 2 aliphatic heterocycles. The maximum atomic E-state index is 13.1. The molecule has 3 heterocycles. The second-order valence-electron chi connectivity index (χ2n) is 8.35. The molecule has 6 heteroatoms. The van der Waals surface area contributed by atoms with Gasteiger partial charge in [-0.2, -0.15) is 10.2 Å². The Morgan fingerprint density at radius 2 is 1.89 bits per heavy atom. The Bertz CT molecular complexity index is 902. The van der Waals surface area contributed by atoms with E-state index in [1.165, 1.54) is 24.6 Å². The summed E-state index contributed by atoms with van der Waals surface area (Å²) < 4.78 is 0. The van der Waals surface area contributed by atoms with Gasteiger partial charge in [0.25, 0.3) is 5.91 Å². The largest absolute Gasteiger partial charge is 0.339 e. The van der Waals surface area contributed by atoms with Crippen molar-refractivity contribution in [2.75, 3.05) is 24.5 Å². The van der Waals surface area contributed by atoms with Crippen LogP contribution in [0.3, 0.4) is 0 Å². The quantitative estimate of drug-likeness (QED) is 0.826. The topological polar surface area (TPSA) is 66.4 Å². The van der Waals surface area contributed by atoms with E-state index in [1.807, 2.05) is 15.9 Å². The van der Waals surface area contributed by atoms with Crippen molar-refractivity contribution in [1.29, 1.82) is 0 Å². The Morgan fingerprint density at radius 1 is 1.11 bits per heavy atom. The predicted octanol–water partition coefficient (Wildman–Crippen LogP) is 2.80. The van der Waals surface area contributed by atoms with Gasteiger partial charge in [0.05, 0.1) is 18.0 Å². The number of para-hydroxylation sites is 1. The van der Waals surface area contributed by atoms with Crippen LogP contribution in [0.2, 0.25) is 0 Å². The van der Waals surface area contributed by atoms with Crippen LogP contribution in [0.4, 0.5) is 5.69 Å². The summed E-state index contributed by atoms with van der Waals surface area (Å²) in [5, 5.41) is 7.56. The highest BCUT2D eigenvalue weighted by Gasteiger charge is 2.46. The number of carbonyl (C=O) groups excluding carboxylic acids is 2. The Hall–Kier alpha value is -2.76. The smallest absolute Gasteiger partial charge is 0.255 e. The summed E-state index contributed by atoms with van der Waals surface area (Å²) in [6, 6.07) is 10.1. The molecular formula is C22H24N4O2. The van der Waals surface area contributed by atoms with Gasteiger partial charge in [0.2, 0.25) is 5.91 Å². The van der Waals surface area contributed by atoms with Gasteiger partial charge in [-0.05, 0) is 49.3 Å². The summed E-state index contributed by atoms with van der Waals surface area (Å²) >= 11 is 0. The summed E-state index contributed by atoms with van der Waals surface area (Å²) in [5.74, 6) is 0.902. The second kappa shape index (κ2) is 6.69. The van der Waals surface area contributed by atoms with Crippen LogP contribution < -0.4 is 4.90 Å². The van der Waals surface area contributed by atoms with Crippen molar-refractivity contribution in [2.45, 2.75) is 37.5 Å². The molecule has 5 rings (SSSR count). The van der Waals surface area contributed by atoms with Gasteiger partial charge < -0.3 is 9.80 Å². The van der Waals surface area contributed by atoms with Gasteiger partial charge in [0, 0.05) is 37.2 Å². The lowest BCUT2D eigenvalue weighted by atomic mass is 9.67. The zero-order valence-corrected chi connectivity index (χ0v) is 15.9. The molecule has 1 spiro atoms. The molecule has 6 nitrogen and oxygen atoms in total. The van der Waals surface area contributed by atoms with E-state index in [1.54, 1.807) is 12.3 Å². The van der Waals surface area contributed by atoms with Gasteiger partial charge in [-0.1, -0.05) is 18.2 Å². The number of nitrogens with zero attached hydrogens (tertiary/aromatic N) is 4. The number of amides is 2. The predicted molar refractivity (Wildman–Crippen MR) is 105 cm³/mol. The van der Waals surface area contributed by atoms with Crippen LogP contribution in [0.25, 0.3) is 0 Å². The first kappa shape index (κ1) is 17.3. The molecule has 0 atom stereocenters. The number of hydrogen-bond acceptors (Lipinski definition) is 4. The molecule has 1 aromatic carbocycles. The van der Waals surface area contributed by atoms with Crippen LogP contribution in [-0.4, -0.2) is 46.5 Å². The van der Waals surface area contributed by atoms with Crippen molar-refractivity contribution in [1.82, 2.24) is 15.1 Å². The Kier molecular flexibility index (Phi) is 4.14. The van der Waals surface area contributed by atoms with Gasteiger partial charge in [-0.15, -0.1) is 0 Å². The first-order valence-corrected chi connectivity index (χ1v) is 10.1. The molecule has 1 aromatic heterocycles. The first-order valence-electron chi connectivity index (χ1n) is 10.1. The third-order valence-corrected chi connectivity index (χ3v) is 6.53. The molecule has 1 saturated heterocycles. The van der Waals surface area contributed by atoms with Gasteiger partial charge in [-0.3, -0.25) is 9.59 Å². The molecule has 0 unspecified atom stereocenters. The molecular weight excluding hydrogens is 352 g/mol. The van der Waals surface area contributed by atoms with E-state index in [9.17, 15) is 9.59 Å². The average Bonchev–Trinajstić information content (AvgIpc) is 3.56. The minimum atomic E-state index is -0.152. The van der Waals surface area contributed by atoms with E-state index in [2.05, 4.69) is 28.4 Å². The van der Waals surface area contributed by atoms with Crippen molar-refractivity contribution in [3.8, 4) is 0 Å². The molecule has 1 saturated carbocycles. The number of carbonyl (C=O) groups is 2. The summed E-state index contributed by atoms with van der Waals surface area (Å²) in [7, 11) is 0. The molecule has 144 valence electrons. The summed E-state index contributed by atoms with van der Waals surface area (Å²) in [4.78, 5) is 29.7. The third-order valence-electron chi connectivity index (χ3n) is 6.53. The van der Waals surface area contributed by atoms with Crippen LogP contribution >= 0.6 is 0 Å². The lowest BCUT2D eigenvalue weighted by Crippen LogP contribution is -2.51. The number of rotatable bonds is 3. The normalized spacial score (nSPS) is 20.9. The fraction of sp³-hybridized carbons (Fsp3) is 0.455. The molecule has 0 bridgehead atoms. The van der Waals surface area contributed by atoms with Crippen LogP contribution in [0, 0.1) is 5.92 Å². The van der Waals surface area contributed by atoms with Crippen LogP contribution in [0.15, 0.2) is 42.7 Å². The summed E-state index contributed by atoms with van der Waals surface area (Å²) in [6.07, 6.45) is 7.71. The van der Waals surface area contributed by atoms with Crippen LogP contribution in [0.5, 0.6) is 0 Å². The highest BCUT2D eigenvalue weighted by molar-refractivity contribution is 5.98. The number of likely N-dealkylation sites (tertiary alicyclic amines) is 1. The number of piperidine rings is 1. The molecule has 28 heavy (non-hydrogen) atoms. The van der Waals surface area contributed by atoms with Gasteiger partial charge in [0.1, 0.15) is 0 Å². The fourth-order valence-corrected chi connectivity index (χ4v) is 4.71. The number of aromatic nitrogens is 2. The maximum Gasteiger partial charge on any atom is 0.255 e. The first-order chi connectivity index (χ1) is 13.7. The van der Waals surface area contributed by atoms with Crippen LogP contribution in [0.1, 0.15) is 48.0 Å². The van der Waals surface area contributed by atoms with E-state index < -0.39 is 0 Å². The van der Waals surface area contributed by atoms with Crippen molar-refractivity contribution < 1.29 is 9.59 Å². The third kappa shape index (κ3) is 2.97. The number of benzene rings is 1. The fourth-order valence-electron chi connectivity index (χ4n) is 4.71. The highest BCUT2D eigenvalue weighted by atomic mass is 16.2. The zero-order valence-electron chi connectivity index (χ0n) is 15.9. The second-order valence-corrected chi connectivity index (χ2v) is 8.35. The van der Waals surface area contributed by atoms with E-state index in [0.717, 1.165) is 25.1 Å². The minimum absolute atomic E-state index is 0.00414. The molecule has 0 N–H and O–H groups in total. The van der Waals surface area contributed by atoms with Gasteiger partial charge in [0.15, 0.2) is 0 Å². The van der Waals surface area contributed by atoms with E-state index >= 15 is 0 Å². The van der Waals surface area contributed by atoms with Crippen LogP contribution in [-0.2, 0) is 10.2 Å². The van der Waals surface area contributed by atoms with Crippen molar-refractivity contribution >= 4 is 17.5 Å². The van der Waals surface area contributed by atoms with Gasteiger partial charge >= 0.3 is 0 Å². The van der Waals surface area contributed by atoms with E-state index in [0.29, 0.717) is 31.0 Å². The Morgan fingerprint density at radius 3 is 2.61 bits per heavy atom. The molecule has 1 aliphatic carbocycles. The number of fused-ring (bicyclic) bond motifs is 2. The summed E-state index contributed by atoms with van der Waals surface area (Å²) in [6.45, 7) is 2.17. The molecule has 2 amide bonds. The zero-order chi connectivity index (χ0) is 19.1. The average molecular weight is 376 g/mol. The van der Waals surface area contributed by atoms with E-state index in [4.69, 9.17) is 0 Å². The Labute approximate surface area is 164 Å². The number of anilines is 1. The number of hydrogen-bond donors (Lipinski definition) is 0. The molecule has 0 radical (unpaired) electrons. The lowest BCUT2D eigenvalue weighted by molar-refractivity contribution is -0.121. The lowest BCUT2D eigenvalue weighted by Gasteiger charge is -2.47. The standard InChI is InChI=1S/C22H24N4O2/c27-20-13-22(18-3-1-2-4-19(18)26(20)15-16-5-6-16)8-11-25(12-9-22)21(28)17-7-10-23-24-14-17/h1-4,7,10,14,16H,5-6,8-9,11-13,15H2. The van der Waals surface area contributed by atoms with Crippen molar-refractivity contribution in [3.05, 3.63) is 53.9 Å². The summed E-state index contributed by atoms with van der Waals surface area (Å²) in [5.41, 5.74) is 2.79. The molecule has 2 aromatic rings. The monoisotopic (exact) mass is 376 g/mol. The van der Waals surface area contributed by atoms with Crippen molar-refractivity contribution in [2.24, 2.45) is 5.92 Å². The maximum absolute atomic E-state index is 13.1. The van der Waals surface area contributed by atoms with E-state index in [-0.39, 0.29) is 17.2 Å². The SMILES string of the molecule is O=C(c1ccnnc1)N1CCC2(CC1)CC(=O)N(CC1CC1)c1ccccc12. The minimum Gasteiger partial charge on any atom is -0.339 e. The molecule has 2 fully saturated rings. The molecule has 3 aliphatic rings.